The van der Waals surface area contributed by atoms with Crippen molar-refractivity contribution in [2.24, 2.45) is 17.6 Å². The second kappa shape index (κ2) is 10.00. The van der Waals surface area contributed by atoms with Gasteiger partial charge >= 0.3 is 0 Å². The molecule has 2 rings (SSSR count). The summed E-state index contributed by atoms with van der Waals surface area (Å²) in [6.45, 7) is 4.39. The first-order valence-electron chi connectivity index (χ1n) is 8.49. The summed E-state index contributed by atoms with van der Waals surface area (Å²) in [4.78, 5) is 25.1. The van der Waals surface area contributed by atoms with Gasteiger partial charge in [-0.15, -0.1) is 12.4 Å². The molecule has 1 aliphatic rings. The molecule has 140 valence electrons. The van der Waals surface area contributed by atoms with Gasteiger partial charge in [0.15, 0.2) is 0 Å². The molecule has 0 heterocycles. The lowest BCUT2D eigenvalue weighted by Crippen LogP contribution is -2.53. The maximum absolute atomic E-state index is 12.7. The average molecular weight is 388 g/mol. The van der Waals surface area contributed by atoms with Crippen LogP contribution in [0.15, 0.2) is 24.3 Å². The van der Waals surface area contributed by atoms with E-state index in [1.165, 1.54) is 0 Å². The van der Waals surface area contributed by atoms with E-state index in [-0.39, 0.29) is 36.2 Å². The van der Waals surface area contributed by atoms with Crippen molar-refractivity contribution in [1.29, 1.82) is 0 Å². The molecule has 3 unspecified atom stereocenters. The Morgan fingerprint density at radius 3 is 2.56 bits per heavy atom. The number of hydrogen-bond donors (Lipinski definition) is 3. The fraction of sp³-hybridized carbons (Fsp3) is 0.556. The number of rotatable bonds is 6. The first-order chi connectivity index (χ1) is 11.4. The van der Waals surface area contributed by atoms with Gasteiger partial charge in [-0.1, -0.05) is 44.0 Å². The molecule has 0 aromatic heterocycles. The van der Waals surface area contributed by atoms with Crippen molar-refractivity contribution < 1.29 is 9.59 Å². The highest BCUT2D eigenvalue weighted by Crippen LogP contribution is 2.25. The molecule has 1 saturated carbocycles. The highest BCUT2D eigenvalue weighted by atomic mass is 35.5. The van der Waals surface area contributed by atoms with E-state index in [0.717, 1.165) is 19.3 Å². The lowest BCUT2D eigenvalue weighted by Gasteiger charge is -2.26. The molecule has 1 aromatic carbocycles. The number of hydrogen-bond acceptors (Lipinski definition) is 3. The number of halogens is 2. The molecule has 3 atom stereocenters. The van der Waals surface area contributed by atoms with Gasteiger partial charge in [-0.25, -0.2) is 0 Å². The van der Waals surface area contributed by atoms with Crippen LogP contribution in [0.5, 0.6) is 0 Å². The van der Waals surface area contributed by atoms with Crippen LogP contribution < -0.4 is 16.4 Å². The topological polar surface area (TPSA) is 84.2 Å². The summed E-state index contributed by atoms with van der Waals surface area (Å²) < 4.78 is 0. The van der Waals surface area contributed by atoms with Gasteiger partial charge in [-0.05, 0) is 43.4 Å². The van der Waals surface area contributed by atoms with Crippen LogP contribution in [0.2, 0.25) is 5.02 Å². The normalized spacial score (nSPS) is 20.7. The van der Waals surface area contributed by atoms with Gasteiger partial charge in [0.2, 0.25) is 5.91 Å². The van der Waals surface area contributed by atoms with Gasteiger partial charge in [0, 0.05) is 6.04 Å². The first-order valence-corrected chi connectivity index (χ1v) is 8.87. The van der Waals surface area contributed by atoms with Crippen molar-refractivity contribution in [3.05, 3.63) is 34.9 Å². The summed E-state index contributed by atoms with van der Waals surface area (Å²) in [6, 6.07) is 6.31. The monoisotopic (exact) mass is 387 g/mol. The predicted molar refractivity (Wildman–Crippen MR) is 103 cm³/mol. The number of carbonyl (C=O) groups is 2. The van der Waals surface area contributed by atoms with Gasteiger partial charge in [0.05, 0.1) is 10.6 Å². The van der Waals surface area contributed by atoms with E-state index in [1.54, 1.807) is 24.3 Å². The Kier molecular flexibility index (Phi) is 8.69. The van der Waals surface area contributed by atoms with E-state index >= 15 is 0 Å². The zero-order chi connectivity index (χ0) is 17.7. The number of nitrogens with one attached hydrogen (secondary N) is 2. The van der Waals surface area contributed by atoms with Crippen LogP contribution in [-0.4, -0.2) is 30.4 Å². The molecule has 0 aliphatic heterocycles. The third-order valence-electron chi connectivity index (χ3n) is 4.64. The number of carbonyl (C=O) groups excluding carboxylic acids is 2. The summed E-state index contributed by atoms with van der Waals surface area (Å²) in [5.41, 5.74) is 6.15. The van der Waals surface area contributed by atoms with Crippen LogP contribution in [0, 0.1) is 11.8 Å². The molecular formula is C18H27Cl2N3O2. The third kappa shape index (κ3) is 5.59. The van der Waals surface area contributed by atoms with Crippen LogP contribution >= 0.6 is 24.0 Å². The summed E-state index contributed by atoms with van der Waals surface area (Å²) in [5, 5.41) is 6.25. The molecule has 2 amide bonds. The molecule has 1 aromatic rings. The Labute approximate surface area is 160 Å². The van der Waals surface area contributed by atoms with Crippen LogP contribution in [-0.2, 0) is 4.79 Å². The molecule has 5 nitrogen and oxygen atoms in total. The fourth-order valence-corrected chi connectivity index (χ4v) is 3.40. The van der Waals surface area contributed by atoms with E-state index in [1.807, 2.05) is 13.8 Å². The second-order valence-electron chi connectivity index (χ2n) is 6.72. The number of amides is 2. The van der Waals surface area contributed by atoms with Crippen LogP contribution in [0.4, 0.5) is 0 Å². The van der Waals surface area contributed by atoms with E-state index in [2.05, 4.69) is 10.6 Å². The average Bonchev–Trinajstić information content (AvgIpc) is 2.99. The minimum Gasteiger partial charge on any atom is -0.351 e. The van der Waals surface area contributed by atoms with Gasteiger partial charge in [0.1, 0.15) is 6.04 Å². The summed E-state index contributed by atoms with van der Waals surface area (Å²) >= 11 is 6.06. The van der Waals surface area contributed by atoms with E-state index in [4.69, 9.17) is 17.3 Å². The van der Waals surface area contributed by atoms with E-state index in [9.17, 15) is 9.59 Å². The van der Waals surface area contributed by atoms with Crippen molar-refractivity contribution in [2.75, 3.05) is 6.54 Å². The predicted octanol–water partition coefficient (Wildman–Crippen LogP) is 2.76. The Balaban J connectivity index is 0.00000312. The molecule has 4 N–H and O–H groups in total. The molecule has 0 spiro atoms. The zero-order valence-corrected chi connectivity index (χ0v) is 16.2. The highest BCUT2D eigenvalue weighted by molar-refractivity contribution is 6.33. The van der Waals surface area contributed by atoms with Gasteiger partial charge in [0.25, 0.3) is 5.91 Å². The van der Waals surface area contributed by atoms with Gasteiger partial charge in [-0.2, -0.15) is 0 Å². The molecule has 0 saturated heterocycles. The van der Waals surface area contributed by atoms with Crippen LogP contribution in [0.1, 0.15) is 43.5 Å². The quantitative estimate of drug-likeness (QED) is 0.701. The van der Waals surface area contributed by atoms with Gasteiger partial charge in [-0.3, -0.25) is 9.59 Å². The molecule has 1 aliphatic carbocycles. The Morgan fingerprint density at radius 2 is 1.96 bits per heavy atom. The number of benzene rings is 1. The summed E-state index contributed by atoms with van der Waals surface area (Å²) in [6.07, 6.45) is 3.06. The smallest absolute Gasteiger partial charge is 0.253 e. The van der Waals surface area contributed by atoms with Crippen LogP contribution in [0.25, 0.3) is 0 Å². The largest absolute Gasteiger partial charge is 0.351 e. The first kappa shape index (κ1) is 21.7. The Bertz CT molecular complexity index is 595. The van der Waals surface area contributed by atoms with Crippen molar-refractivity contribution in [3.8, 4) is 0 Å². The summed E-state index contributed by atoms with van der Waals surface area (Å²) in [7, 11) is 0. The highest BCUT2D eigenvalue weighted by Gasteiger charge is 2.31. The summed E-state index contributed by atoms with van der Waals surface area (Å²) in [5.74, 6) is -0.206. The van der Waals surface area contributed by atoms with Crippen molar-refractivity contribution >= 4 is 35.8 Å². The molecule has 0 radical (unpaired) electrons. The molecule has 7 heteroatoms. The molecule has 25 heavy (non-hydrogen) atoms. The molecular weight excluding hydrogens is 361 g/mol. The van der Waals surface area contributed by atoms with Crippen LogP contribution in [0.3, 0.4) is 0 Å². The minimum atomic E-state index is -0.604. The van der Waals surface area contributed by atoms with Crippen molar-refractivity contribution in [1.82, 2.24) is 10.6 Å². The third-order valence-corrected chi connectivity index (χ3v) is 4.97. The number of nitrogens with two attached hydrogens (primary N) is 1. The maximum Gasteiger partial charge on any atom is 0.253 e. The molecule has 0 bridgehead atoms. The minimum absolute atomic E-state index is 0. The fourth-order valence-electron chi connectivity index (χ4n) is 3.18. The maximum atomic E-state index is 12.7. The second-order valence-corrected chi connectivity index (χ2v) is 7.12. The Morgan fingerprint density at radius 1 is 1.28 bits per heavy atom. The standard InChI is InChI=1S/C18H26ClN3O2.ClH/c1-11(2)16(18(24)21-15-9-5-6-12(15)10-20)22-17(23)13-7-3-4-8-14(13)19;/h3-4,7-8,11-12,15-16H,5-6,9-10,20H2,1-2H3,(H,21,24)(H,22,23);1H. The lowest BCUT2D eigenvalue weighted by atomic mass is 10.00. The van der Waals surface area contributed by atoms with Crippen molar-refractivity contribution in [2.45, 2.75) is 45.2 Å². The van der Waals surface area contributed by atoms with Gasteiger partial charge < -0.3 is 16.4 Å². The molecule has 1 fully saturated rings. The van der Waals surface area contributed by atoms with E-state index < -0.39 is 6.04 Å². The SMILES string of the molecule is CC(C)C(NC(=O)c1ccccc1Cl)C(=O)NC1CCCC1CN.Cl. The van der Waals surface area contributed by atoms with Crippen molar-refractivity contribution in [3.63, 3.8) is 0 Å². The zero-order valence-electron chi connectivity index (χ0n) is 14.6. The van der Waals surface area contributed by atoms with E-state index in [0.29, 0.717) is 23.0 Å². The Hall–Kier alpha value is -1.30. The lowest BCUT2D eigenvalue weighted by molar-refractivity contribution is -0.124.